The van der Waals surface area contributed by atoms with Crippen molar-refractivity contribution in [1.82, 2.24) is 4.90 Å². The summed E-state index contributed by atoms with van der Waals surface area (Å²) in [5, 5.41) is 9.98. The molecule has 2 aromatic rings. The highest BCUT2D eigenvalue weighted by atomic mass is 35.5. The van der Waals surface area contributed by atoms with Gasteiger partial charge in [0.25, 0.3) is 0 Å². The average molecular weight is 376 g/mol. The molecule has 0 saturated carbocycles. The molecule has 0 aliphatic rings. The molecule has 4 heteroatoms. The maximum atomic E-state index is 9.27. The van der Waals surface area contributed by atoms with Crippen molar-refractivity contribution in [2.75, 3.05) is 32.8 Å². The van der Waals surface area contributed by atoms with Gasteiger partial charge < -0.3 is 14.7 Å². The van der Waals surface area contributed by atoms with Gasteiger partial charge in [-0.25, -0.2) is 0 Å². The van der Waals surface area contributed by atoms with Crippen molar-refractivity contribution in [3.05, 3.63) is 53.6 Å². The molecule has 0 bridgehead atoms. The molecule has 0 radical (unpaired) electrons. The normalized spacial score (nSPS) is 11.8. The van der Waals surface area contributed by atoms with E-state index in [0.29, 0.717) is 18.2 Å². The van der Waals surface area contributed by atoms with Crippen LogP contribution in [0.5, 0.6) is 5.75 Å². The Kier molecular flexibility index (Phi) is 7.95. The minimum Gasteiger partial charge on any atom is -0.493 e. The van der Waals surface area contributed by atoms with E-state index >= 15 is 0 Å². The molecule has 0 saturated heterocycles. The third kappa shape index (κ3) is 6.99. The Balaban J connectivity index is 1.95. The fourth-order valence-electron chi connectivity index (χ4n) is 3.02. The van der Waals surface area contributed by atoms with Crippen molar-refractivity contribution in [2.24, 2.45) is 5.41 Å². The number of aliphatic hydroxyl groups excluding tert-OH is 1. The number of hydrogen-bond acceptors (Lipinski definition) is 3. The van der Waals surface area contributed by atoms with Crippen LogP contribution in [-0.2, 0) is 0 Å². The van der Waals surface area contributed by atoms with E-state index in [1.54, 1.807) is 0 Å². The van der Waals surface area contributed by atoms with Gasteiger partial charge in [0.1, 0.15) is 5.75 Å². The van der Waals surface area contributed by atoms with Gasteiger partial charge >= 0.3 is 0 Å². The van der Waals surface area contributed by atoms with Crippen molar-refractivity contribution in [3.8, 4) is 16.9 Å². The summed E-state index contributed by atoms with van der Waals surface area (Å²) in [4.78, 5) is 2.29. The van der Waals surface area contributed by atoms with E-state index in [2.05, 4.69) is 37.8 Å². The first-order valence-corrected chi connectivity index (χ1v) is 9.58. The molecule has 2 rings (SSSR count). The summed E-state index contributed by atoms with van der Waals surface area (Å²) in [6, 6.07) is 15.9. The van der Waals surface area contributed by atoms with Crippen LogP contribution in [0.25, 0.3) is 11.1 Å². The van der Waals surface area contributed by atoms with Gasteiger partial charge in [-0.05, 0) is 35.6 Å². The maximum absolute atomic E-state index is 9.27. The van der Waals surface area contributed by atoms with Crippen LogP contribution in [0, 0.1) is 5.41 Å². The number of ether oxygens (including phenoxy) is 1. The minimum absolute atomic E-state index is 0.187. The number of halogens is 1. The summed E-state index contributed by atoms with van der Waals surface area (Å²) in [6.07, 6.45) is 0.910. The topological polar surface area (TPSA) is 32.7 Å². The summed E-state index contributed by atoms with van der Waals surface area (Å²) < 4.78 is 6.06. The van der Waals surface area contributed by atoms with Crippen molar-refractivity contribution < 1.29 is 9.84 Å². The second-order valence-electron chi connectivity index (χ2n) is 7.77. The second kappa shape index (κ2) is 9.96. The highest BCUT2D eigenvalue weighted by Crippen LogP contribution is 2.32. The summed E-state index contributed by atoms with van der Waals surface area (Å²) >= 11 is 6.18. The molecule has 0 aliphatic carbocycles. The van der Waals surface area contributed by atoms with E-state index < -0.39 is 0 Å². The first-order valence-electron chi connectivity index (χ1n) is 9.20. The van der Waals surface area contributed by atoms with Crippen molar-refractivity contribution in [2.45, 2.75) is 27.2 Å². The number of hydrogen-bond donors (Lipinski definition) is 1. The Labute approximate surface area is 162 Å². The first-order chi connectivity index (χ1) is 12.4. The van der Waals surface area contributed by atoms with Gasteiger partial charge in [-0.3, -0.25) is 0 Å². The number of aliphatic hydroxyl groups is 1. The molecule has 3 nitrogen and oxygen atoms in total. The predicted octanol–water partition coefficient (Wildman–Crippen LogP) is 5.12. The van der Waals surface area contributed by atoms with Crippen molar-refractivity contribution in [1.29, 1.82) is 0 Å². The monoisotopic (exact) mass is 375 g/mol. The van der Waals surface area contributed by atoms with Gasteiger partial charge in [0, 0.05) is 30.2 Å². The lowest BCUT2D eigenvalue weighted by atomic mass is 9.96. The van der Waals surface area contributed by atoms with Gasteiger partial charge in [0.15, 0.2) is 0 Å². The van der Waals surface area contributed by atoms with Gasteiger partial charge in [0.05, 0.1) is 13.2 Å². The number of rotatable bonds is 9. The molecule has 0 aliphatic heterocycles. The molecule has 0 unspecified atom stereocenters. The minimum atomic E-state index is 0.187. The summed E-state index contributed by atoms with van der Waals surface area (Å²) in [7, 11) is 0. The first kappa shape index (κ1) is 20.8. The number of benzene rings is 2. The Morgan fingerprint density at radius 2 is 1.77 bits per heavy atom. The van der Waals surface area contributed by atoms with E-state index in [0.717, 1.165) is 36.4 Å². The van der Waals surface area contributed by atoms with E-state index in [9.17, 15) is 5.11 Å². The van der Waals surface area contributed by atoms with E-state index in [-0.39, 0.29) is 12.0 Å². The van der Waals surface area contributed by atoms with Crippen LogP contribution >= 0.6 is 11.6 Å². The Morgan fingerprint density at radius 1 is 1.04 bits per heavy atom. The van der Waals surface area contributed by atoms with Gasteiger partial charge in [-0.15, -0.1) is 0 Å². The van der Waals surface area contributed by atoms with Gasteiger partial charge in [-0.1, -0.05) is 62.7 Å². The lowest BCUT2D eigenvalue weighted by Crippen LogP contribution is -2.36. The van der Waals surface area contributed by atoms with Crippen LogP contribution in [-0.4, -0.2) is 42.9 Å². The van der Waals surface area contributed by atoms with Crippen LogP contribution in [0.15, 0.2) is 48.5 Å². The number of nitrogens with zero attached hydrogens (tertiary/aromatic N) is 1. The Morgan fingerprint density at radius 3 is 2.42 bits per heavy atom. The summed E-state index contributed by atoms with van der Waals surface area (Å²) in [5.74, 6) is 0.852. The summed E-state index contributed by atoms with van der Waals surface area (Å²) in [5.41, 5.74) is 2.33. The van der Waals surface area contributed by atoms with Gasteiger partial charge in [0.2, 0.25) is 0 Å². The second-order valence-corrected chi connectivity index (χ2v) is 8.21. The molecule has 0 aromatic heterocycles. The Hall–Kier alpha value is -1.55. The lowest BCUT2D eigenvalue weighted by Gasteiger charge is -2.29. The Bertz CT molecular complexity index is 668. The standard InChI is InChI=1S/C22H30ClNO2/c1-22(2,3)17-24(13-14-25)12-7-15-26-21-11-10-19(23)16-20(21)18-8-5-4-6-9-18/h4-6,8-11,16,25H,7,12-15,17H2,1-3H3. The zero-order valence-electron chi connectivity index (χ0n) is 16.0. The fourth-order valence-corrected chi connectivity index (χ4v) is 3.20. The molecule has 2 aromatic carbocycles. The van der Waals surface area contributed by atoms with E-state index in [1.807, 2.05) is 36.4 Å². The van der Waals surface area contributed by atoms with Crippen LogP contribution in [0.1, 0.15) is 27.2 Å². The van der Waals surface area contributed by atoms with Gasteiger partial charge in [-0.2, -0.15) is 0 Å². The molecule has 0 amide bonds. The molecule has 0 spiro atoms. The third-order valence-electron chi connectivity index (χ3n) is 4.02. The lowest BCUT2D eigenvalue weighted by molar-refractivity contribution is 0.143. The highest BCUT2D eigenvalue weighted by molar-refractivity contribution is 6.31. The largest absolute Gasteiger partial charge is 0.493 e. The van der Waals surface area contributed by atoms with Crippen LogP contribution < -0.4 is 4.74 Å². The zero-order valence-corrected chi connectivity index (χ0v) is 16.8. The molecular weight excluding hydrogens is 346 g/mol. The molecule has 0 atom stereocenters. The molecule has 1 N–H and O–H groups in total. The van der Waals surface area contributed by atoms with Crippen LogP contribution in [0.3, 0.4) is 0 Å². The zero-order chi connectivity index (χ0) is 19.0. The molecular formula is C22H30ClNO2. The molecule has 142 valence electrons. The fraction of sp³-hybridized carbons (Fsp3) is 0.455. The highest BCUT2D eigenvalue weighted by Gasteiger charge is 2.16. The molecule has 26 heavy (non-hydrogen) atoms. The quantitative estimate of drug-likeness (QED) is 0.617. The SMILES string of the molecule is CC(C)(C)CN(CCO)CCCOc1ccc(Cl)cc1-c1ccccc1. The summed E-state index contributed by atoms with van der Waals surface area (Å²) in [6.45, 7) is 10.0. The van der Waals surface area contributed by atoms with E-state index in [1.165, 1.54) is 0 Å². The predicted molar refractivity (Wildman–Crippen MR) is 110 cm³/mol. The molecule has 0 fully saturated rings. The average Bonchev–Trinajstić information content (AvgIpc) is 2.59. The van der Waals surface area contributed by atoms with Crippen molar-refractivity contribution >= 4 is 11.6 Å². The molecule has 0 heterocycles. The third-order valence-corrected chi connectivity index (χ3v) is 4.25. The smallest absolute Gasteiger partial charge is 0.127 e. The maximum Gasteiger partial charge on any atom is 0.127 e. The van der Waals surface area contributed by atoms with Crippen molar-refractivity contribution in [3.63, 3.8) is 0 Å². The van der Waals surface area contributed by atoms with Crippen LogP contribution in [0.4, 0.5) is 0 Å². The van der Waals surface area contributed by atoms with E-state index in [4.69, 9.17) is 16.3 Å². The van der Waals surface area contributed by atoms with Crippen LogP contribution in [0.2, 0.25) is 5.02 Å².